The zero-order valence-electron chi connectivity index (χ0n) is 11.8. The molecule has 0 fully saturated rings. The fraction of sp³-hybridized carbons (Fsp3) is 0.429. The molecule has 0 bridgehead atoms. The van der Waals surface area contributed by atoms with Crippen LogP contribution in [-0.2, 0) is 9.53 Å². The van der Waals surface area contributed by atoms with Crippen molar-refractivity contribution in [2.24, 2.45) is 0 Å². The van der Waals surface area contributed by atoms with Crippen molar-refractivity contribution in [3.05, 3.63) is 34.1 Å². The van der Waals surface area contributed by atoms with Crippen molar-refractivity contribution in [3.8, 4) is 0 Å². The van der Waals surface area contributed by atoms with Gasteiger partial charge in [-0.25, -0.2) is 9.18 Å². The van der Waals surface area contributed by atoms with Crippen LogP contribution in [-0.4, -0.2) is 23.5 Å². The highest BCUT2D eigenvalue weighted by Crippen LogP contribution is 2.19. The molecular weight excluding hydrogens is 329 g/mol. The Hall–Kier alpha value is -1.43. The van der Waals surface area contributed by atoms with Crippen LogP contribution >= 0.6 is 15.9 Å². The molecule has 1 amide bonds. The van der Waals surface area contributed by atoms with Gasteiger partial charge in [0.05, 0.1) is 5.56 Å². The Bertz CT molecular complexity index is 526. The molecule has 0 spiro atoms. The predicted octanol–water partition coefficient (Wildman–Crippen LogP) is 3.05. The van der Waals surface area contributed by atoms with Crippen molar-refractivity contribution >= 4 is 27.8 Å². The second kappa shape index (κ2) is 6.35. The summed E-state index contributed by atoms with van der Waals surface area (Å²) in [6.45, 7) is 6.97. The van der Waals surface area contributed by atoms with E-state index in [4.69, 9.17) is 4.74 Å². The van der Waals surface area contributed by atoms with Gasteiger partial charge in [-0.1, -0.05) is 0 Å². The molecule has 0 aromatic heterocycles. The Morgan fingerprint density at radius 3 is 2.45 bits per heavy atom. The summed E-state index contributed by atoms with van der Waals surface area (Å²) in [5.41, 5.74) is -0.240. The van der Waals surface area contributed by atoms with Gasteiger partial charge in [0.25, 0.3) is 5.91 Å². The topological polar surface area (TPSA) is 55.4 Å². The average molecular weight is 346 g/mol. The summed E-state index contributed by atoms with van der Waals surface area (Å²) in [5, 5.41) is 2.71. The summed E-state index contributed by atoms with van der Waals surface area (Å²) in [6.07, 6.45) is -0.932. The molecule has 6 heteroatoms. The molecule has 1 aromatic rings. The lowest BCUT2D eigenvalue weighted by Gasteiger charge is -2.23. The van der Waals surface area contributed by atoms with Crippen LogP contribution in [0.1, 0.15) is 38.1 Å². The van der Waals surface area contributed by atoms with Gasteiger partial charge in [-0.2, -0.15) is 0 Å². The van der Waals surface area contributed by atoms with Gasteiger partial charge in [0.2, 0.25) is 0 Å². The zero-order valence-corrected chi connectivity index (χ0v) is 13.4. The summed E-state index contributed by atoms with van der Waals surface area (Å²) >= 11 is 3.08. The molecule has 1 atom stereocenters. The standard InChI is InChI=1S/C14H17BrFNO3/c1-8(12(18)17-14(2,3)4)20-13(19)10-6-5-9(16)7-11(10)15/h5-8H,1-4H3,(H,17,18)/t8-/m0/s1. The first-order chi connectivity index (χ1) is 9.10. The maximum atomic E-state index is 12.9. The van der Waals surface area contributed by atoms with Crippen molar-refractivity contribution < 1.29 is 18.7 Å². The van der Waals surface area contributed by atoms with Gasteiger partial charge >= 0.3 is 5.97 Å². The molecule has 1 N–H and O–H groups in total. The van der Waals surface area contributed by atoms with E-state index in [1.54, 1.807) is 0 Å². The summed E-state index contributed by atoms with van der Waals surface area (Å²) in [4.78, 5) is 23.7. The van der Waals surface area contributed by atoms with Crippen LogP contribution in [0, 0.1) is 5.82 Å². The fourth-order valence-electron chi connectivity index (χ4n) is 1.40. The van der Waals surface area contributed by atoms with E-state index < -0.39 is 23.4 Å². The van der Waals surface area contributed by atoms with Crippen molar-refractivity contribution in [1.82, 2.24) is 5.32 Å². The summed E-state index contributed by atoms with van der Waals surface area (Å²) in [7, 11) is 0. The monoisotopic (exact) mass is 345 g/mol. The molecule has 0 unspecified atom stereocenters. The number of amides is 1. The fourth-order valence-corrected chi connectivity index (χ4v) is 1.92. The van der Waals surface area contributed by atoms with E-state index in [2.05, 4.69) is 21.2 Å². The maximum absolute atomic E-state index is 12.9. The molecule has 0 aliphatic rings. The van der Waals surface area contributed by atoms with Crippen molar-refractivity contribution in [1.29, 1.82) is 0 Å². The zero-order chi connectivity index (χ0) is 15.5. The summed E-state index contributed by atoms with van der Waals surface area (Å²) in [6, 6.07) is 3.62. The number of benzene rings is 1. The van der Waals surface area contributed by atoms with E-state index in [0.29, 0.717) is 0 Å². The molecule has 110 valence electrons. The number of carbonyl (C=O) groups is 2. The first-order valence-electron chi connectivity index (χ1n) is 6.08. The lowest BCUT2D eigenvalue weighted by molar-refractivity contribution is -0.130. The quantitative estimate of drug-likeness (QED) is 0.856. The number of nitrogens with one attached hydrogen (secondary N) is 1. The molecule has 0 aliphatic heterocycles. The van der Waals surface area contributed by atoms with Crippen LogP contribution in [0.25, 0.3) is 0 Å². The lowest BCUT2D eigenvalue weighted by Crippen LogP contribution is -2.46. The number of hydrogen-bond donors (Lipinski definition) is 1. The molecule has 1 aromatic carbocycles. The van der Waals surface area contributed by atoms with Gasteiger partial charge in [0, 0.05) is 10.0 Å². The molecule has 20 heavy (non-hydrogen) atoms. The third-order valence-corrected chi connectivity index (χ3v) is 2.96. The van der Waals surface area contributed by atoms with Crippen molar-refractivity contribution in [3.63, 3.8) is 0 Å². The van der Waals surface area contributed by atoms with E-state index in [1.165, 1.54) is 13.0 Å². The largest absolute Gasteiger partial charge is 0.449 e. The van der Waals surface area contributed by atoms with Gasteiger partial charge in [-0.15, -0.1) is 0 Å². The van der Waals surface area contributed by atoms with Gasteiger partial charge in [-0.05, 0) is 61.8 Å². The number of halogens is 2. The average Bonchev–Trinajstić information content (AvgIpc) is 2.26. The second-order valence-corrected chi connectivity index (χ2v) is 6.27. The third kappa shape index (κ3) is 4.92. The molecule has 1 rings (SSSR count). The van der Waals surface area contributed by atoms with Crippen molar-refractivity contribution in [2.45, 2.75) is 39.3 Å². The smallest absolute Gasteiger partial charge is 0.340 e. The van der Waals surface area contributed by atoms with E-state index in [-0.39, 0.29) is 15.9 Å². The van der Waals surface area contributed by atoms with Gasteiger partial charge < -0.3 is 10.1 Å². The van der Waals surface area contributed by atoms with Crippen LogP contribution < -0.4 is 5.32 Å². The molecule has 0 heterocycles. The Balaban J connectivity index is 2.73. The number of ether oxygens (including phenoxy) is 1. The van der Waals surface area contributed by atoms with Crippen LogP contribution in [0.5, 0.6) is 0 Å². The van der Waals surface area contributed by atoms with Gasteiger partial charge in [0.15, 0.2) is 6.10 Å². The van der Waals surface area contributed by atoms with Crippen LogP contribution in [0.2, 0.25) is 0 Å². The van der Waals surface area contributed by atoms with Crippen LogP contribution in [0.15, 0.2) is 22.7 Å². The van der Waals surface area contributed by atoms with E-state index in [1.807, 2.05) is 20.8 Å². The number of carbonyl (C=O) groups excluding carboxylic acids is 2. The SMILES string of the molecule is C[C@H](OC(=O)c1ccc(F)cc1Br)C(=O)NC(C)(C)C. The second-order valence-electron chi connectivity index (χ2n) is 5.41. The van der Waals surface area contributed by atoms with Crippen LogP contribution in [0.4, 0.5) is 4.39 Å². The highest BCUT2D eigenvalue weighted by Gasteiger charge is 2.23. The Labute approximate surface area is 125 Å². The minimum absolute atomic E-state index is 0.168. The normalized spacial score (nSPS) is 12.7. The maximum Gasteiger partial charge on any atom is 0.340 e. The van der Waals surface area contributed by atoms with E-state index >= 15 is 0 Å². The minimum Gasteiger partial charge on any atom is -0.449 e. The van der Waals surface area contributed by atoms with E-state index in [9.17, 15) is 14.0 Å². The molecule has 0 aliphatic carbocycles. The Morgan fingerprint density at radius 1 is 1.35 bits per heavy atom. The minimum atomic E-state index is -0.932. The molecule has 0 radical (unpaired) electrons. The lowest BCUT2D eigenvalue weighted by atomic mass is 10.1. The number of rotatable bonds is 3. The summed E-state index contributed by atoms with van der Waals surface area (Å²) in [5.74, 6) is -1.54. The Kier molecular flexibility index (Phi) is 5.28. The Morgan fingerprint density at radius 2 is 1.95 bits per heavy atom. The molecule has 0 saturated heterocycles. The highest BCUT2D eigenvalue weighted by molar-refractivity contribution is 9.10. The number of hydrogen-bond acceptors (Lipinski definition) is 3. The third-order valence-electron chi connectivity index (χ3n) is 2.30. The molecule has 0 saturated carbocycles. The van der Waals surface area contributed by atoms with Crippen molar-refractivity contribution in [2.75, 3.05) is 0 Å². The molecule has 4 nitrogen and oxygen atoms in total. The first-order valence-corrected chi connectivity index (χ1v) is 6.87. The number of esters is 1. The highest BCUT2D eigenvalue weighted by atomic mass is 79.9. The van der Waals surface area contributed by atoms with Crippen LogP contribution in [0.3, 0.4) is 0 Å². The van der Waals surface area contributed by atoms with E-state index in [0.717, 1.165) is 12.1 Å². The predicted molar refractivity (Wildman–Crippen MR) is 76.9 cm³/mol. The first kappa shape index (κ1) is 16.6. The summed E-state index contributed by atoms with van der Waals surface area (Å²) < 4.78 is 18.3. The van der Waals surface area contributed by atoms with Gasteiger partial charge in [0.1, 0.15) is 5.82 Å². The molecular formula is C14H17BrFNO3. The van der Waals surface area contributed by atoms with Gasteiger partial charge in [-0.3, -0.25) is 4.79 Å².